The SMILES string of the molecule is CC(=O)c1ccc(-n2c(-c3cc(-c4ccccc4)n[nH]3)n[nH]c2=S)cc1. The molecule has 6 nitrogen and oxygen atoms in total. The molecular formula is C19H15N5OS. The molecule has 0 spiro atoms. The van der Waals surface area contributed by atoms with Gasteiger partial charge in [0.2, 0.25) is 0 Å². The van der Waals surface area contributed by atoms with E-state index < -0.39 is 0 Å². The second-order valence-electron chi connectivity index (χ2n) is 5.82. The number of hydrogen-bond acceptors (Lipinski definition) is 4. The van der Waals surface area contributed by atoms with Gasteiger partial charge in [0.25, 0.3) is 0 Å². The van der Waals surface area contributed by atoms with Crippen molar-refractivity contribution in [1.82, 2.24) is 25.0 Å². The van der Waals surface area contributed by atoms with Crippen molar-refractivity contribution >= 4 is 18.0 Å². The van der Waals surface area contributed by atoms with Crippen LogP contribution in [0.1, 0.15) is 17.3 Å². The molecule has 0 aliphatic heterocycles. The summed E-state index contributed by atoms with van der Waals surface area (Å²) in [6.45, 7) is 1.54. The van der Waals surface area contributed by atoms with Gasteiger partial charge in [0, 0.05) is 11.1 Å². The van der Waals surface area contributed by atoms with Gasteiger partial charge in [-0.15, -0.1) is 0 Å². The van der Waals surface area contributed by atoms with Gasteiger partial charge in [-0.05, 0) is 49.5 Å². The molecule has 0 radical (unpaired) electrons. The Bertz CT molecular complexity index is 1120. The summed E-state index contributed by atoms with van der Waals surface area (Å²) in [7, 11) is 0. The van der Waals surface area contributed by atoms with Gasteiger partial charge in [-0.3, -0.25) is 19.6 Å². The highest BCUT2D eigenvalue weighted by molar-refractivity contribution is 7.71. The van der Waals surface area contributed by atoms with Gasteiger partial charge in [-0.2, -0.15) is 10.2 Å². The second-order valence-corrected chi connectivity index (χ2v) is 6.21. The smallest absolute Gasteiger partial charge is 0.200 e. The summed E-state index contributed by atoms with van der Waals surface area (Å²) in [5.74, 6) is 0.647. The topological polar surface area (TPSA) is 79.4 Å². The Hall–Kier alpha value is -3.32. The van der Waals surface area contributed by atoms with Gasteiger partial charge in [-0.25, -0.2) is 0 Å². The first-order valence-corrected chi connectivity index (χ1v) is 8.44. The minimum Gasteiger partial charge on any atom is -0.295 e. The lowest BCUT2D eigenvalue weighted by Crippen LogP contribution is -1.99. The number of nitrogens with zero attached hydrogens (tertiary/aromatic N) is 3. The van der Waals surface area contributed by atoms with Crippen LogP contribution in [-0.2, 0) is 0 Å². The van der Waals surface area contributed by atoms with Crippen LogP contribution in [0.5, 0.6) is 0 Å². The summed E-state index contributed by atoms with van der Waals surface area (Å²) in [6.07, 6.45) is 0. The Labute approximate surface area is 154 Å². The molecule has 0 aliphatic carbocycles. The number of Topliss-reactive ketones (excluding diaryl/α,β-unsaturated/α-hetero) is 1. The summed E-state index contributed by atoms with van der Waals surface area (Å²) in [5, 5.41) is 14.5. The molecule has 0 saturated carbocycles. The fourth-order valence-corrected chi connectivity index (χ4v) is 2.99. The molecule has 2 aromatic carbocycles. The minimum atomic E-state index is 0.0219. The number of benzene rings is 2. The number of aromatic amines is 2. The van der Waals surface area contributed by atoms with Crippen LogP contribution in [-0.4, -0.2) is 30.7 Å². The zero-order valence-corrected chi connectivity index (χ0v) is 14.7. The van der Waals surface area contributed by atoms with E-state index in [9.17, 15) is 4.79 Å². The van der Waals surface area contributed by atoms with Gasteiger partial charge >= 0.3 is 0 Å². The first kappa shape index (κ1) is 16.2. The van der Waals surface area contributed by atoms with Crippen LogP contribution in [0.25, 0.3) is 28.5 Å². The highest BCUT2D eigenvalue weighted by Gasteiger charge is 2.14. The van der Waals surface area contributed by atoms with E-state index in [-0.39, 0.29) is 5.78 Å². The van der Waals surface area contributed by atoms with Gasteiger partial charge in [0.05, 0.1) is 11.4 Å². The number of carbonyl (C=O) groups excluding carboxylic acids is 1. The fourth-order valence-electron chi connectivity index (χ4n) is 2.76. The van der Waals surface area contributed by atoms with Crippen molar-refractivity contribution in [2.24, 2.45) is 0 Å². The Balaban J connectivity index is 1.77. The molecule has 7 heteroatoms. The van der Waals surface area contributed by atoms with Gasteiger partial charge < -0.3 is 0 Å². The molecule has 2 heterocycles. The molecule has 0 amide bonds. The molecule has 0 fully saturated rings. The van der Waals surface area contributed by atoms with Crippen molar-refractivity contribution in [3.8, 4) is 28.5 Å². The number of aromatic nitrogens is 5. The summed E-state index contributed by atoms with van der Waals surface area (Å²) >= 11 is 5.38. The van der Waals surface area contributed by atoms with E-state index in [0.717, 1.165) is 22.6 Å². The van der Waals surface area contributed by atoms with Gasteiger partial charge in [0.15, 0.2) is 16.4 Å². The predicted molar refractivity (Wildman–Crippen MR) is 102 cm³/mol. The number of hydrogen-bond donors (Lipinski definition) is 2. The van der Waals surface area contributed by atoms with Gasteiger partial charge in [-0.1, -0.05) is 30.3 Å². The van der Waals surface area contributed by atoms with E-state index in [1.165, 1.54) is 0 Å². The van der Waals surface area contributed by atoms with E-state index >= 15 is 0 Å². The number of carbonyl (C=O) groups is 1. The lowest BCUT2D eigenvalue weighted by atomic mass is 10.1. The van der Waals surface area contributed by atoms with Gasteiger partial charge in [0.1, 0.15) is 5.69 Å². The normalized spacial score (nSPS) is 10.8. The minimum absolute atomic E-state index is 0.0219. The summed E-state index contributed by atoms with van der Waals surface area (Å²) in [6, 6.07) is 19.1. The highest BCUT2D eigenvalue weighted by atomic mass is 32.1. The molecule has 4 rings (SSSR count). The fraction of sp³-hybridized carbons (Fsp3) is 0.0526. The molecular weight excluding hydrogens is 346 g/mol. The van der Waals surface area contributed by atoms with Crippen LogP contribution in [0.3, 0.4) is 0 Å². The third kappa shape index (κ3) is 2.89. The molecule has 4 aromatic rings. The molecule has 2 N–H and O–H groups in total. The van der Waals surface area contributed by atoms with Crippen molar-refractivity contribution in [2.75, 3.05) is 0 Å². The van der Waals surface area contributed by atoms with Crippen molar-refractivity contribution in [2.45, 2.75) is 6.92 Å². The van der Waals surface area contributed by atoms with Crippen LogP contribution in [0, 0.1) is 4.77 Å². The zero-order valence-electron chi connectivity index (χ0n) is 13.9. The Morgan fingerprint density at radius 3 is 2.42 bits per heavy atom. The Morgan fingerprint density at radius 2 is 1.73 bits per heavy atom. The standard InChI is InChI=1S/C19H15N5OS/c1-12(25)13-7-9-15(10-8-13)24-18(22-23-19(24)26)17-11-16(20-21-17)14-5-3-2-4-6-14/h2-11H,1H3,(H,20,21)(H,23,26). The van der Waals surface area contributed by atoms with Crippen molar-refractivity contribution in [3.63, 3.8) is 0 Å². The molecule has 0 bridgehead atoms. The van der Waals surface area contributed by atoms with Crippen LogP contribution < -0.4 is 0 Å². The van der Waals surface area contributed by atoms with Crippen LogP contribution in [0.2, 0.25) is 0 Å². The van der Waals surface area contributed by atoms with E-state index in [1.54, 1.807) is 19.1 Å². The molecule has 0 aliphatic rings. The maximum atomic E-state index is 11.5. The maximum absolute atomic E-state index is 11.5. The lowest BCUT2D eigenvalue weighted by molar-refractivity contribution is 0.101. The third-order valence-corrected chi connectivity index (χ3v) is 4.37. The average molecular weight is 361 g/mol. The maximum Gasteiger partial charge on any atom is 0.200 e. The predicted octanol–water partition coefficient (Wildman–Crippen LogP) is 4.19. The van der Waals surface area contributed by atoms with Crippen molar-refractivity contribution in [3.05, 3.63) is 71.0 Å². The number of ketones is 1. The van der Waals surface area contributed by atoms with Crippen LogP contribution >= 0.6 is 12.2 Å². The van der Waals surface area contributed by atoms with Crippen molar-refractivity contribution in [1.29, 1.82) is 0 Å². The lowest BCUT2D eigenvalue weighted by Gasteiger charge is -2.06. The molecule has 128 valence electrons. The second kappa shape index (κ2) is 6.53. The Morgan fingerprint density at radius 1 is 1.00 bits per heavy atom. The Kier molecular flexibility index (Phi) is 4.06. The molecule has 0 atom stereocenters. The van der Waals surface area contributed by atoms with E-state index in [0.29, 0.717) is 16.2 Å². The molecule has 2 aromatic heterocycles. The summed E-state index contributed by atoms with van der Waals surface area (Å²) < 4.78 is 2.27. The van der Waals surface area contributed by atoms with Crippen LogP contribution in [0.4, 0.5) is 0 Å². The van der Waals surface area contributed by atoms with Crippen molar-refractivity contribution < 1.29 is 4.79 Å². The molecule has 0 unspecified atom stereocenters. The summed E-state index contributed by atoms with van der Waals surface area (Å²) in [4.78, 5) is 11.5. The van der Waals surface area contributed by atoms with E-state index in [1.807, 2.05) is 53.1 Å². The largest absolute Gasteiger partial charge is 0.295 e. The summed E-state index contributed by atoms with van der Waals surface area (Å²) in [5.41, 5.74) is 4.05. The first-order valence-electron chi connectivity index (χ1n) is 8.03. The monoisotopic (exact) mass is 361 g/mol. The van der Waals surface area contributed by atoms with Crippen LogP contribution in [0.15, 0.2) is 60.7 Å². The third-order valence-electron chi connectivity index (χ3n) is 4.09. The average Bonchev–Trinajstić information content (AvgIpc) is 3.29. The first-order chi connectivity index (χ1) is 12.6. The number of H-pyrrole nitrogens is 2. The molecule has 0 saturated heterocycles. The number of rotatable bonds is 4. The zero-order chi connectivity index (χ0) is 18.1. The molecule has 26 heavy (non-hydrogen) atoms. The van der Waals surface area contributed by atoms with E-state index in [2.05, 4.69) is 20.4 Å². The highest BCUT2D eigenvalue weighted by Crippen LogP contribution is 2.24. The quantitative estimate of drug-likeness (QED) is 0.422. The number of nitrogens with one attached hydrogen (secondary N) is 2. The van der Waals surface area contributed by atoms with E-state index in [4.69, 9.17) is 12.2 Å².